The van der Waals surface area contributed by atoms with E-state index < -0.39 is 0 Å². The molecule has 4 nitrogen and oxygen atoms in total. The van der Waals surface area contributed by atoms with Gasteiger partial charge in [0.25, 0.3) is 0 Å². The first-order chi connectivity index (χ1) is 8.61. The van der Waals surface area contributed by atoms with Gasteiger partial charge in [0, 0.05) is 13.3 Å². The van der Waals surface area contributed by atoms with E-state index in [-0.39, 0.29) is 18.5 Å². The summed E-state index contributed by atoms with van der Waals surface area (Å²) in [4.78, 5) is 21.6. The molecule has 0 N–H and O–H groups in total. The van der Waals surface area contributed by atoms with E-state index in [2.05, 4.69) is 0 Å². The summed E-state index contributed by atoms with van der Waals surface area (Å²) in [6.45, 7) is 7.33. The molecule has 0 radical (unpaired) electrons. The molecule has 0 unspecified atom stereocenters. The number of esters is 2. The molecule has 18 heavy (non-hydrogen) atoms. The maximum atomic E-state index is 10.9. The predicted octanol–water partition coefficient (Wildman–Crippen LogP) is 3.09. The van der Waals surface area contributed by atoms with E-state index in [1.165, 1.54) is 6.92 Å². The Bertz CT molecular complexity index is 368. The van der Waals surface area contributed by atoms with Crippen molar-refractivity contribution in [3.63, 3.8) is 0 Å². The van der Waals surface area contributed by atoms with Crippen molar-refractivity contribution in [2.75, 3.05) is 0 Å². The Morgan fingerprint density at radius 2 is 1.67 bits per heavy atom. The van der Waals surface area contributed by atoms with Crippen molar-refractivity contribution in [1.29, 1.82) is 0 Å². The minimum Gasteiger partial charge on any atom is -0.461 e. The van der Waals surface area contributed by atoms with Crippen molar-refractivity contribution < 1.29 is 19.1 Å². The largest absolute Gasteiger partial charge is 0.461 e. The van der Waals surface area contributed by atoms with Crippen molar-refractivity contribution in [2.45, 2.75) is 40.7 Å². The number of rotatable bonds is 4. The molecule has 100 valence electrons. The first-order valence-corrected chi connectivity index (χ1v) is 6.04. The van der Waals surface area contributed by atoms with Crippen LogP contribution >= 0.6 is 0 Å². The summed E-state index contributed by atoms with van der Waals surface area (Å²) >= 11 is 0. The first-order valence-electron chi connectivity index (χ1n) is 6.04. The summed E-state index contributed by atoms with van der Waals surface area (Å²) < 4.78 is 9.82. The standard InChI is InChI=1S/C12H14O4.C2H6/c1-3-12(14)15-8-10-4-6-11(7-5-10)16-9(2)13;1-2/h4-7H,3,8H2,1-2H3;1-2H3. The monoisotopic (exact) mass is 252 g/mol. The van der Waals surface area contributed by atoms with Gasteiger partial charge in [0.2, 0.25) is 0 Å². The molecular weight excluding hydrogens is 232 g/mol. The predicted molar refractivity (Wildman–Crippen MR) is 69.2 cm³/mol. The van der Waals surface area contributed by atoms with Crippen LogP contribution < -0.4 is 4.74 Å². The lowest BCUT2D eigenvalue weighted by molar-refractivity contribution is -0.144. The quantitative estimate of drug-likeness (QED) is 0.610. The Morgan fingerprint density at radius 1 is 1.11 bits per heavy atom. The van der Waals surface area contributed by atoms with Crippen LogP contribution in [0.25, 0.3) is 0 Å². The van der Waals surface area contributed by atoms with Gasteiger partial charge in [-0.3, -0.25) is 9.59 Å². The third-order valence-electron chi connectivity index (χ3n) is 1.87. The second-order valence-electron chi connectivity index (χ2n) is 3.25. The summed E-state index contributed by atoms with van der Waals surface area (Å²) in [5.41, 5.74) is 0.859. The molecule has 0 atom stereocenters. The number of carbonyl (C=O) groups excluding carboxylic acids is 2. The highest BCUT2D eigenvalue weighted by Crippen LogP contribution is 2.13. The SMILES string of the molecule is CC.CCC(=O)OCc1ccc(OC(C)=O)cc1. The van der Waals surface area contributed by atoms with Crippen LogP contribution in [0.15, 0.2) is 24.3 Å². The van der Waals surface area contributed by atoms with Gasteiger partial charge < -0.3 is 9.47 Å². The van der Waals surface area contributed by atoms with Crippen LogP contribution in [0.4, 0.5) is 0 Å². The maximum absolute atomic E-state index is 10.9. The van der Waals surface area contributed by atoms with Gasteiger partial charge in [0.15, 0.2) is 0 Å². The minimum absolute atomic E-state index is 0.232. The molecule has 0 aromatic heterocycles. The van der Waals surface area contributed by atoms with Gasteiger partial charge in [-0.1, -0.05) is 32.9 Å². The van der Waals surface area contributed by atoms with E-state index in [0.717, 1.165) is 5.56 Å². The molecular formula is C14H20O4. The van der Waals surface area contributed by atoms with Crippen LogP contribution in [0, 0.1) is 0 Å². The Balaban J connectivity index is 0.00000137. The van der Waals surface area contributed by atoms with Crippen LogP contribution in [-0.4, -0.2) is 11.9 Å². The Kier molecular flexibility index (Phi) is 8.27. The average molecular weight is 252 g/mol. The average Bonchev–Trinajstić information content (AvgIpc) is 2.39. The summed E-state index contributed by atoms with van der Waals surface area (Å²) in [6, 6.07) is 6.83. The van der Waals surface area contributed by atoms with Gasteiger partial charge in [-0.05, 0) is 17.7 Å². The summed E-state index contributed by atoms with van der Waals surface area (Å²) in [6.07, 6.45) is 0.367. The van der Waals surface area contributed by atoms with Crippen molar-refractivity contribution in [3.8, 4) is 5.75 Å². The molecule has 0 saturated heterocycles. The Labute approximate surface area is 108 Å². The summed E-state index contributed by atoms with van der Waals surface area (Å²) in [5.74, 6) is -0.104. The molecule has 0 bridgehead atoms. The van der Waals surface area contributed by atoms with Crippen LogP contribution in [0.3, 0.4) is 0 Å². The van der Waals surface area contributed by atoms with Gasteiger partial charge in [-0.25, -0.2) is 0 Å². The second kappa shape index (κ2) is 9.22. The van der Waals surface area contributed by atoms with Crippen LogP contribution in [-0.2, 0) is 20.9 Å². The number of hydrogen-bond donors (Lipinski definition) is 0. The van der Waals surface area contributed by atoms with Crippen molar-refractivity contribution in [3.05, 3.63) is 29.8 Å². The van der Waals surface area contributed by atoms with E-state index in [4.69, 9.17) is 9.47 Å². The van der Waals surface area contributed by atoms with Crippen LogP contribution in [0.5, 0.6) is 5.75 Å². The highest BCUT2D eigenvalue weighted by molar-refractivity contribution is 5.69. The number of carbonyl (C=O) groups is 2. The third kappa shape index (κ3) is 6.68. The zero-order valence-corrected chi connectivity index (χ0v) is 11.4. The molecule has 0 aliphatic rings. The molecule has 1 rings (SSSR count). The molecule has 0 spiro atoms. The Hall–Kier alpha value is -1.84. The Morgan fingerprint density at radius 3 is 2.11 bits per heavy atom. The molecule has 0 fully saturated rings. The summed E-state index contributed by atoms with van der Waals surface area (Å²) in [7, 11) is 0. The van der Waals surface area contributed by atoms with Gasteiger partial charge in [0.1, 0.15) is 12.4 Å². The fourth-order valence-corrected chi connectivity index (χ4v) is 1.09. The zero-order chi connectivity index (χ0) is 14.0. The van der Waals surface area contributed by atoms with Gasteiger partial charge in [-0.2, -0.15) is 0 Å². The van der Waals surface area contributed by atoms with E-state index in [1.807, 2.05) is 13.8 Å². The van der Waals surface area contributed by atoms with E-state index in [1.54, 1.807) is 31.2 Å². The summed E-state index contributed by atoms with van der Waals surface area (Å²) in [5, 5.41) is 0. The number of ether oxygens (including phenoxy) is 2. The smallest absolute Gasteiger partial charge is 0.308 e. The van der Waals surface area contributed by atoms with Crippen LogP contribution in [0.2, 0.25) is 0 Å². The van der Waals surface area contributed by atoms with Gasteiger partial charge >= 0.3 is 11.9 Å². The van der Waals surface area contributed by atoms with Crippen molar-refractivity contribution >= 4 is 11.9 Å². The van der Waals surface area contributed by atoms with Gasteiger partial charge in [0.05, 0.1) is 0 Å². The van der Waals surface area contributed by atoms with E-state index >= 15 is 0 Å². The molecule has 0 aliphatic carbocycles. The fourth-order valence-electron chi connectivity index (χ4n) is 1.09. The lowest BCUT2D eigenvalue weighted by Crippen LogP contribution is -2.03. The molecule has 4 heteroatoms. The number of hydrogen-bond acceptors (Lipinski definition) is 4. The lowest BCUT2D eigenvalue weighted by atomic mass is 10.2. The van der Waals surface area contributed by atoms with Crippen molar-refractivity contribution in [2.24, 2.45) is 0 Å². The second-order valence-corrected chi connectivity index (χ2v) is 3.25. The van der Waals surface area contributed by atoms with E-state index in [9.17, 15) is 9.59 Å². The number of benzene rings is 1. The highest BCUT2D eigenvalue weighted by atomic mass is 16.5. The van der Waals surface area contributed by atoms with E-state index in [0.29, 0.717) is 12.2 Å². The molecule has 0 amide bonds. The minimum atomic E-state index is -0.356. The third-order valence-corrected chi connectivity index (χ3v) is 1.87. The topological polar surface area (TPSA) is 52.6 Å². The zero-order valence-electron chi connectivity index (χ0n) is 11.4. The molecule has 0 heterocycles. The fraction of sp³-hybridized carbons (Fsp3) is 0.429. The highest BCUT2D eigenvalue weighted by Gasteiger charge is 2.01. The molecule has 1 aromatic carbocycles. The van der Waals surface area contributed by atoms with Gasteiger partial charge in [-0.15, -0.1) is 0 Å². The maximum Gasteiger partial charge on any atom is 0.308 e. The normalized spacial score (nSPS) is 8.89. The van der Waals surface area contributed by atoms with Crippen LogP contribution in [0.1, 0.15) is 39.7 Å². The molecule has 0 aliphatic heterocycles. The first kappa shape index (κ1) is 16.2. The molecule has 1 aromatic rings. The van der Waals surface area contributed by atoms with Crippen molar-refractivity contribution in [1.82, 2.24) is 0 Å². The molecule has 0 saturated carbocycles. The lowest BCUT2D eigenvalue weighted by Gasteiger charge is -2.04.